The minimum atomic E-state index is -0.806. The van der Waals surface area contributed by atoms with Crippen molar-refractivity contribution in [1.82, 2.24) is 39.3 Å². The van der Waals surface area contributed by atoms with Crippen molar-refractivity contribution < 1.29 is 5.11 Å². The first-order valence-electron chi connectivity index (χ1n) is 8.08. The largest absolute Gasteiger partial charge is 0.386 e. The van der Waals surface area contributed by atoms with Crippen molar-refractivity contribution in [1.29, 1.82) is 0 Å². The van der Waals surface area contributed by atoms with Gasteiger partial charge in [-0.3, -0.25) is 9.36 Å². The highest BCUT2D eigenvalue weighted by Gasteiger charge is 2.14. The summed E-state index contributed by atoms with van der Waals surface area (Å²) in [5, 5.41) is 23.0. The number of aryl methyl sites for hydroxylation is 1. The van der Waals surface area contributed by atoms with Gasteiger partial charge in [-0.05, 0) is 22.9 Å². The highest BCUT2D eigenvalue weighted by atomic mass is 35.5. The van der Waals surface area contributed by atoms with E-state index < -0.39 is 6.10 Å². The molecule has 0 aliphatic carbocycles. The molecule has 3 aromatic heterocycles. The molecule has 0 bridgehead atoms. The lowest BCUT2D eigenvalue weighted by Gasteiger charge is -2.09. The molecule has 1 atom stereocenters. The number of aromatic nitrogens is 8. The molecule has 11 heteroatoms. The number of hydrogen-bond acceptors (Lipinski definition) is 7. The van der Waals surface area contributed by atoms with E-state index in [9.17, 15) is 9.90 Å². The van der Waals surface area contributed by atoms with E-state index in [1.54, 1.807) is 35.9 Å². The van der Waals surface area contributed by atoms with Crippen LogP contribution in [0.25, 0.3) is 11.2 Å². The summed E-state index contributed by atoms with van der Waals surface area (Å²) < 4.78 is 3.01. The molecule has 0 unspecified atom stereocenters. The molecular weight excluding hydrogens is 372 g/mol. The highest BCUT2D eigenvalue weighted by Crippen LogP contribution is 2.17. The van der Waals surface area contributed by atoms with Gasteiger partial charge in [-0.1, -0.05) is 23.7 Å². The van der Waals surface area contributed by atoms with Gasteiger partial charge in [0.1, 0.15) is 12.4 Å². The molecule has 0 spiro atoms. The number of aliphatic hydroxyl groups excluding tert-OH is 1. The van der Waals surface area contributed by atoms with Crippen molar-refractivity contribution in [3.05, 3.63) is 63.7 Å². The van der Waals surface area contributed by atoms with E-state index in [1.807, 2.05) is 0 Å². The maximum atomic E-state index is 12.5. The van der Waals surface area contributed by atoms with Crippen LogP contribution in [0.3, 0.4) is 0 Å². The first-order valence-corrected chi connectivity index (χ1v) is 8.46. The average molecular weight is 387 g/mol. The molecule has 4 aromatic rings. The maximum Gasteiger partial charge on any atom is 0.280 e. The van der Waals surface area contributed by atoms with Gasteiger partial charge in [0, 0.05) is 12.1 Å². The van der Waals surface area contributed by atoms with Crippen LogP contribution < -0.4 is 5.56 Å². The zero-order valence-corrected chi connectivity index (χ0v) is 15.0. The Hall–Kier alpha value is -3.11. The average Bonchev–Trinajstić information content (AvgIpc) is 3.25. The third-order valence-electron chi connectivity index (χ3n) is 4.10. The summed E-state index contributed by atoms with van der Waals surface area (Å²) in [5.41, 5.74) is 1.25. The second-order valence-corrected chi connectivity index (χ2v) is 6.47. The Morgan fingerprint density at radius 1 is 1.19 bits per heavy atom. The van der Waals surface area contributed by atoms with Crippen LogP contribution >= 0.6 is 11.6 Å². The fourth-order valence-corrected chi connectivity index (χ4v) is 2.82. The molecule has 1 aromatic carbocycles. The zero-order valence-electron chi connectivity index (χ0n) is 14.3. The smallest absolute Gasteiger partial charge is 0.280 e. The number of nitrogens with zero attached hydrogens (tertiary/aromatic N) is 8. The van der Waals surface area contributed by atoms with Gasteiger partial charge in [-0.25, -0.2) is 9.97 Å². The number of benzene rings is 1. The molecule has 0 amide bonds. The summed E-state index contributed by atoms with van der Waals surface area (Å²) in [6, 6.07) is 6.88. The van der Waals surface area contributed by atoms with E-state index in [-0.39, 0.29) is 18.6 Å². The molecule has 0 aliphatic heterocycles. The van der Waals surface area contributed by atoms with Crippen molar-refractivity contribution in [2.75, 3.05) is 0 Å². The molecule has 0 saturated carbocycles. The summed E-state index contributed by atoms with van der Waals surface area (Å²) in [4.78, 5) is 22.0. The molecule has 4 rings (SSSR count). The monoisotopic (exact) mass is 386 g/mol. The van der Waals surface area contributed by atoms with Gasteiger partial charge in [0.05, 0.1) is 19.4 Å². The molecule has 1 N–H and O–H groups in total. The van der Waals surface area contributed by atoms with Crippen LogP contribution in [-0.2, 0) is 20.1 Å². The minimum absolute atomic E-state index is 0.115. The van der Waals surface area contributed by atoms with Gasteiger partial charge >= 0.3 is 0 Å². The van der Waals surface area contributed by atoms with Crippen LogP contribution in [0.15, 0.2) is 41.7 Å². The standard InChI is InChI=1S/C16H15ClN8O2/c1-23-8-18-15-14(23)16(27)24(9-19-15)7-13-20-22-25(21-13)6-12(26)10-2-4-11(17)5-3-10/h2-5,8-9,12,26H,6-7H2,1H3/t12-/m1/s1. The molecule has 138 valence electrons. The molecule has 0 aliphatic rings. The number of halogens is 1. The van der Waals surface area contributed by atoms with Crippen LogP contribution in [0.4, 0.5) is 0 Å². The summed E-state index contributed by atoms with van der Waals surface area (Å²) >= 11 is 5.85. The highest BCUT2D eigenvalue weighted by molar-refractivity contribution is 6.30. The lowest BCUT2D eigenvalue weighted by molar-refractivity contribution is 0.144. The van der Waals surface area contributed by atoms with Crippen LogP contribution in [0.5, 0.6) is 0 Å². The van der Waals surface area contributed by atoms with E-state index in [2.05, 4.69) is 25.4 Å². The second kappa shape index (κ2) is 6.89. The van der Waals surface area contributed by atoms with Gasteiger partial charge in [-0.2, -0.15) is 4.80 Å². The van der Waals surface area contributed by atoms with E-state index in [4.69, 9.17) is 11.6 Å². The fraction of sp³-hybridized carbons (Fsp3) is 0.250. The summed E-state index contributed by atoms with van der Waals surface area (Å²) in [6.45, 7) is 0.243. The maximum absolute atomic E-state index is 12.5. The van der Waals surface area contributed by atoms with Gasteiger partial charge in [0.15, 0.2) is 17.0 Å². The Morgan fingerprint density at radius 3 is 2.70 bits per heavy atom. The predicted molar refractivity (Wildman–Crippen MR) is 96.1 cm³/mol. The van der Waals surface area contributed by atoms with Crippen molar-refractivity contribution in [2.45, 2.75) is 19.2 Å². The van der Waals surface area contributed by atoms with Crippen LogP contribution in [0.2, 0.25) is 5.02 Å². The quantitative estimate of drug-likeness (QED) is 0.532. The normalized spacial score (nSPS) is 12.6. The van der Waals surface area contributed by atoms with Crippen molar-refractivity contribution in [2.24, 2.45) is 7.05 Å². The van der Waals surface area contributed by atoms with Crippen LogP contribution in [-0.4, -0.2) is 44.4 Å². The number of tetrazole rings is 1. The number of fused-ring (bicyclic) bond motifs is 1. The lowest BCUT2D eigenvalue weighted by atomic mass is 10.1. The Labute approximate surface area is 157 Å². The molecule has 10 nitrogen and oxygen atoms in total. The Kier molecular flexibility index (Phi) is 4.42. The number of rotatable bonds is 5. The summed E-state index contributed by atoms with van der Waals surface area (Å²) in [6.07, 6.45) is 2.14. The zero-order chi connectivity index (χ0) is 19.0. The Bertz CT molecular complexity index is 1150. The Morgan fingerprint density at radius 2 is 1.93 bits per heavy atom. The van der Waals surface area contributed by atoms with Gasteiger partial charge < -0.3 is 9.67 Å². The third kappa shape index (κ3) is 3.44. The van der Waals surface area contributed by atoms with Crippen molar-refractivity contribution >= 4 is 22.8 Å². The second-order valence-electron chi connectivity index (χ2n) is 6.03. The van der Waals surface area contributed by atoms with E-state index in [1.165, 1.54) is 22.0 Å². The SMILES string of the molecule is Cn1cnc2ncn(Cc3nnn(C[C@@H](O)c4ccc(Cl)cc4)n3)c(=O)c21. The minimum Gasteiger partial charge on any atom is -0.386 e. The number of imidazole rings is 1. The molecule has 27 heavy (non-hydrogen) atoms. The van der Waals surface area contributed by atoms with Crippen molar-refractivity contribution in [3.63, 3.8) is 0 Å². The van der Waals surface area contributed by atoms with E-state index in [0.717, 1.165) is 0 Å². The number of hydrogen-bond donors (Lipinski definition) is 1. The van der Waals surface area contributed by atoms with Crippen LogP contribution in [0.1, 0.15) is 17.5 Å². The lowest BCUT2D eigenvalue weighted by Crippen LogP contribution is -2.23. The van der Waals surface area contributed by atoms with Gasteiger partial charge in [0.25, 0.3) is 5.56 Å². The molecule has 0 saturated heterocycles. The van der Waals surface area contributed by atoms with Gasteiger partial charge in [0.2, 0.25) is 0 Å². The topological polar surface area (TPSA) is 117 Å². The van der Waals surface area contributed by atoms with E-state index in [0.29, 0.717) is 27.6 Å². The van der Waals surface area contributed by atoms with Crippen LogP contribution in [0, 0.1) is 0 Å². The predicted octanol–water partition coefficient (Wildman–Crippen LogP) is 0.552. The summed E-state index contributed by atoms with van der Waals surface area (Å²) in [7, 11) is 1.73. The molecule has 0 radical (unpaired) electrons. The van der Waals surface area contributed by atoms with Crippen molar-refractivity contribution in [3.8, 4) is 0 Å². The third-order valence-corrected chi connectivity index (χ3v) is 4.35. The fourth-order valence-electron chi connectivity index (χ4n) is 2.70. The molecule has 3 heterocycles. The van der Waals surface area contributed by atoms with Gasteiger partial charge in [-0.15, -0.1) is 10.2 Å². The van der Waals surface area contributed by atoms with E-state index >= 15 is 0 Å². The first kappa shape index (κ1) is 17.3. The Balaban J connectivity index is 1.51. The summed E-state index contributed by atoms with van der Waals surface area (Å²) in [5.74, 6) is 0.337. The molecular formula is C16H15ClN8O2. The number of aliphatic hydroxyl groups is 1. The first-order chi connectivity index (χ1) is 13.0. The molecule has 0 fully saturated rings.